The molecule has 3 heterocycles. The summed E-state index contributed by atoms with van der Waals surface area (Å²) in [6.07, 6.45) is 0.0509. The summed E-state index contributed by atoms with van der Waals surface area (Å²) in [5.41, 5.74) is 4.56. The van der Waals surface area contributed by atoms with Gasteiger partial charge >= 0.3 is 5.69 Å². The first-order valence-electron chi connectivity index (χ1n) is 12.5. The molecule has 0 bridgehead atoms. The van der Waals surface area contributed by atoms with E-state index in [1.54, 1.807) is 11.6 Å². The molecule has 1 aliphatic heterocycles. The van der Waals surface area contributed by atoms with E-state index in [0.29, 0.717) is 18.7 Å². The Morgan fingerprint density at radius 1 is 1.06 bits per heavy atom. The van der Waals surface area contributed by atoms with Gasteiger partial charge in [-0.2, -0.15) is 0 Å². The first-order valence-corrected chi connectivity index (χ1v) is 12.5. The molecule has 3 aromatic rings. The molecule has 2 aromatic heterocycles. The van der Waals surface area contributed by atoms with Crippen LogP contribution in [0.25, 0.3) is 22.4 Å². The largest absolute Gasteiger partial charge is 0.330 e. The number of hydrogen-bond donors (Lipinski definition) is 0. The van der Waals surface area contributed by atoms with Crippen molar-refractivity contribution in [1.82, 2.24) is 23.9 Å². The van der Waals surface area contributed by atoms with E-state index < -0.39 is 11.8 Å². The number of imidazole rings is 1. The molecule has 1 atom stereocenters. The van der Waals surface area contributed by atoms with Gasteiger partial charge in [0.15, 0.2) is 5.65 Å². The van der Waals surface area contributed by atoms with Crippen LogP contribution in [0.4, 0.5) is 8.78 Å². The third-order valence-corrected chi connectivity index (χ3v) is 7.14. The number of nitrogens with zero attached hydrogens (tertiary/aromatic N) is 5. The van der Waals surface area contributed by atoms with Crippen molar-refractivity contribution in [2.24, 2.45) is 18.4 Å². The Kier molecular flexibility index (Phi) is 6.08. The zero-order chi connectivity index (χ0) is 25.0. The van der Waals surface area contributed by atoms with Gasteiger partial charge in [0, 0.05) is 70.8 Å². The van der Waals surface area contributed by atoms with Crippen LogP contribution in [0, 0.1) is 11.3 Å². The Morgan fingerprint density at radius 2 is 1.74 bits per heavy atom. The van der Waals surface area contributed by atoms with Gasteiger partial charge in [0.1, 0.15) is 0 Å². The van der Waals surface area contributed by atoms with Gasteiger partial charge in [-0.25, -0.2) is 18.6 Å². The van der Waals surface area contributed by atoms with Crippen molar-refractivity contribution in [1.29, 1.82) is 0 Å². The SMILES string of the molecule is Cn1c(=O)n(CC(C)(C)C)c2ccc(-c3cccc(CN4CCN(CC5CC5(F)F)CC4)c3)nc21. The monoisotopic (exact) mass is 483 g/mol. The molecule has 1 unspecified atom stereocenters. The highest BCUT2D eigenvalue weighted by Gasteiger charge is 2.57. The predicted molar refractivity (Wildman–Crippen MR) is 135 cm³/mol. The fraction of sp³-hybridized carbons (Fsp3) is 0.556. The Balaban J connectivity index is 1.29. The van der Waals surface area contributed by atoms with E-state index in [-0.39, 0.29) is 17.5 Å². The van der Waals surface area contributed by atoms with Crippen molar-refractivity contribution < 1.29 is 8.78 Å². The zero-order valence-corrected chi connectivity index (χ0v) is 21.1. The van der Waals surface area contributed by atoms with Gasteiger partial charge in [0.05, 0.1) is 11.2 Å². The number of piperazine rings is 1. The van der Waals surface area contributed by atoms with Crippen LogP contribution in [-0.4, -0.2) is 62.6 Å². The molecule has 0 spiro atoms. The summed E-state index contributed by atoms with van der Waals surface area (Å²) in [7, 11) is 1.78. The van der Waals surface area contributed by atoms with E-state index >= 15 is 0 Å². The molecule has 5 rings (SSSR count). The maximum atomic E-state index is 13.2. The summed E-state index contributed by atoms with van der Waals surface area (Å²) >= 11 is 0. The summed E-state index contributed by atoms with van der Waals surface area (Å²) in [5, 5.41) is 0. The molecule has 0 radical (unpaired) electrons. The number of aromatic nitrogens is 3. The first-order chi connectivity index (χ1) is 16.5. The maximum absolute atomic E-state index is 13.2. The van der Waals surface area contributed by atoms with Gasteiger partial charge in [-0.1, -0.05) is 39.0 Å². The molecular formula is C27H35F2N5O. The van der Waals surface area contributed by atoms with Crippen molar-refractivity contribution in [2.45, 2.75) is 46.2 Å². The van der Waals surface area contributed by atoms with Crippen molar-refractivity contribution in [3.63, 3.8) is 0 Å². The second-order valence-electron chi connectivity index (χ2n) is 11.5. The van der Waals surface area contributed by atoms with E-state index in [2.05, 4.69) is 48.8 Å². The minimum atomic E-state index is -2.43. The molecule has 0 N–H and O–H groups in total. The van der Waals surface area contributed by atoms with E-state index in [4.69, 9.17) is 4.98 Å². The highest BCUT2D eigenvalue weighted by atomic mass is 19.3. The van der Waals surface area contributed by atoms with Gasteiger partial charge in [-0.3, -0.25) is 14.0 Å². The lowest BCUT2D eigenvalue weighted by Gasteiger charge is -2.34. The van der Waals surface area contributed by atoms with Crippen LogP contribution >= 0.6 is 0 Å². The van der Waals surface area contributed by atoms with Crippen LogP contribution < -0.4 is 5.69 Å². The predicted octanol–water partition coefficient (Wildman–Crippen LogP) is 4.22. The second kappa shape index (κ2) is 8.82. The van der Waals surface area contributed by atoms with Gasteiger partial charge in [0.2, 0.25) is 0 Å². The normalized spacial score (nSPS) is 21.0. The fourth-order valence-electron chi connectivity index (χ4n) is 5.06. The van der Waals surface area contributed by atoms with E-state index in [9.17, 15) is 13.6 Å². The van der Waals surface area contributed by atoms with Gasteiger partial charge in [-0.05, 0) is 29.2 Å². The van der Waals surface area contributed by atoms with Crippen LogP contribution in [0.2, 0.25) is 0 Å². The summed E-state index contributed by atoms with van der Waals surface area (Å²) in [6, 6.07) is 12.4. The Morgan fingerprint density at radius 3 is 2.40 bits per heavy atom. The molecule has 0 amide bonds. The third-order valence-electron chi connectivity index (χ3n) is 7.14. The number of halogens is 2. The zero-order valence-electron chi connectivity index (χ0n) is 21.1. The van der Waals surface area contributed by atoms with Crippen molar-refractivity contribution in [2.75, 3.05) is 32.7 Å². The summed E-state index contributed by atoms with van der Waals surface area (Å²) in [4.78, 5) is 22.3. The highest BCUT2D eigenvalue weighted by Crippen LogP contribution is 2.48. The average Bonchev–Trinajstić information content (AvgIpc) is 3.35. The summed E-state index contributed by atoms with van der Waals surface area (Å²) in [5.74, 6) is -2.88. The Labute approximate surface area is 205 Å². The molecule has 1 aliphatic carbocycles. The van der Waals surface area contributed by atoms with E-state index in [0.717, 1.165) is 49.5 Å². The third kappa shape index (κ3) is 5.19. The topological polar surface area (TPSA) is 46.3 Å². The smallest absolute Gasteiger partial charge is 0.300 e. The highest BCUT2D eigenvalue weighted by molar-refractivity contribution is 5.76. The van der Waals surface area contributed by atoms with Crippen molar-refractivity contribution >= 4 is 11.2 Å². The Bertz CT molecular complexity index is 1280. The molecule has 1 aromatic carbocycles. The number of rotatable bonds is 6. The Hall–Kier alpha value is -2.58. The lowest BCUT2D eigenvalue weighted by molar-refractivity contribution is 0.0724. The van der Waals surface area contributed by atoms with E-state index in [1.807, 2.05) is 22.8 Å². The van der Waals surface area contributed by atoms with E-state index in [1.165, 1.54) is 5.56 Å². The molecule has 6 nitrogen and oxygen atoms in total. The molecule has 1 saturated carbocycles. The van der Waals surface area contributed by atoms with Crippen molar-refractivity contribution in [3.05, 3.63) is 52.4 Å². The summed E-state index contributed by atoms with van der Waals surface area (Å²) < 4.78 is 29.9. The fourth-order valence-corrected chi connectivity index (χ4v) is 5.06. The number of aryl methyl sites for hydroxylation is 1. The van der Waals surface area contributed by atoms with Gasteiger partial charge in [0.25, 0.3) is 5.92 Å². The average molecular weight is 484 g/mol. The minimum Gasteiger partial charge on any atom is -0.300 e. The van der Waals surface area contributed by atoms with Crippen LogP contribution in [-0.2, 0) is 20.1 Å². The van der Waals surface area contributed by atoms with Gasteiger partial charge in [-0.15, -0.1) is 0 Å². The van der Waals surface area contributed by atoms with Crippen LogP contribution in [0.15, 0.2) is 41.2 Å². The van der Waals surface area contributed by atoms with Crippen molar-refractivity contribution in [3.8, 4) is 11.3 Å². The number of pyridine rings is 1. The number of fused-ring (bicyclic) bond motifs is 1. The molecule has 8 heteroatoms. The van der Waals surface area contributed by atoms with Crippen LogP contribution in [0.5, 0.6) is 0 Å². The number of hydrogen-bond acceptors (Lipinski definition) is 4. The lowest BCUT2D eigenvalue weighted by atomic mass is 9.97. The first kappa shape index (κ1) is 24.1. The quantitative estimate of drug-likeness (QED) is 0.527. The number of alkyl halides is 2. The molecule has 2 aliphatic rings. The summed E-state index contributed by atoms with van der Waals surface area (Å²) in [6.45, 7) is 11.8. The van der Waals surface area contributed by atoms with Gasteiger partial charge < -0.3 is 4.90 Å². The standard InChI is InChI=1S/C27H35F2N5O/c1-26(2,3)18-34-23-9-8-22(30-24(23)31(4)25(34)35)20-7-5-6-19(14-20)16-32-10-12-33(13-11-32)17-21-15-27(21,28)29/h5-9,14,21H,10-13,15-18H2,1-4H3. The molecular weight excluding hydrogens is 448 g/mol. The molecule has 2 fully saturated rings. The molecule has 1 saturated heterocycles. The lowest BCUT2D eigenvalue weighted by Crippen LogP contribution is -2.46. The maximum Gasteiger partial charge on any atom is 0.330 e. The number of benzene rings is 1. The second-order valence-corrected chi connectivity index (χ2v) is 11.5. The van der Waals surface area contributed by atoms with Crippen LogP contribution in [0.3, 0.4) is 0 Å². The molecule has 188 valence electrons. The minimum absolute atomic E-state index is 0.0143. The molecule has 35 heavy (non-hydrogen) atoms. The van der Waals surface area contributed by atoms with Crippen LogP contribution in [0.1, 0.15) is 32.8 Å².